The zero-order chi connectivity index (χ0) is 10.4. The van der Waals surface area contributed by atoms with Crippen LogP contribution in [0.2, 0.25) is 0 Å². The molecule has 0 aliphatic carbocycles. The highest BCUT2D eigenvalue weighted by Crippen LogP contribution is 2.25. The molecular weight excluding hydrogens is 210 g/mol. The van der Waals surface area contributed by atoms with Crippen LogP contribution < -0.4 is 5.32 Å². The first kappa shape index (κ1) is 12.1. The summed E-state index contributed by atoms with van der Waals surface area (Å²) >= 11 is 3.91. The smallest absolute Gasteiger partial charge is 0.0506 e. The lowest BCUT2D eigenvalue weighted by Gasteiger charge is -2.15. The Morgan fingerprint density at radius 2 is 2.21 bits per heavy atom. The molecule has 0 aromatic carbocycles. The summed E-state index contributed by atoms with van der Waals surface area (Å²) in [4.78, 5) is 2.88. The highest BCUT2D eigenvalue weighted by molar-refractivity contribution is 7.99. The fourth-order valence-electron chi connectivity index (χ4n) is 1.36. The minimum atomic E-state index is 0.545. The molecule has 3 heteroatoms. The van der Waals surface area contributed by atoms with Crippen LogP contribution in [-0.4, -0.2) is 18.1 Å². The van der Waals surface area contributed by atoms with Crippen molar-refractivity contribution in [2.75, 3.05) is 18.1 Å². The Bertz CT molecular complexity index is 258. The van der Waals surface area contributed by atoms with E-state index in [0.717, 1.165) is 6.54 Å². The number of hydrogen-bond donors (Lipinski definition) is 1. The van der Waals surface area contributed by atoms with Gasteiger partial charge in [-0.25, -0.2) is 0 Å². The number of rotatable bonds is 6. The molecule has 1 atom stereocenters. The third-order valence-corrected chi connectivity index (χ3v) is 4.14. The van der Waals surface area contributed by atoms with Crippen LogP contribution in [0.25, 0.3) is 0 Å². The second-order valence-electron chi connectivity index (χ2n) is 3.22. The zero-order valence-corrected chi connectivity index (χ0v) is 10.8. The van der Waals surface area contributed by atoms with Crippen LogP contribution >= 0.6 is 23.1 Å². The van der Waals surface area contributed by atoms with Gasteiger partial charge in [-0.15, -0.1) is 11.3 Å². The third kappa shape index (κ3) is 3.64. The van der Waals surface area contributed by atoms with Crippen molar-refractivity contribution in [3.05, 3.63) is 21.9 Å². The molecule has 14 heavy (non-hydrogen) atoms. The van der Waals surface area contributed by atoms with Gasteiger partial charge in [-0.3, -0.25) is 0 Å². The van der Waals surface area contributed by atoms with Crippen LogP contribution in [0.15, 0.2) is 12.1 Å². The molecule has 1 aromatic heterocycles. The summed E-state index contributed by atoms with van der Waals surface area (Å²) in [5.41, 5.74) is 0. The van der Waals surface area contributed by atoms with Gasteiger partial charge >= 0.3 is 0 Å². The Morgan fingerprint density at radius 1 is 1.43 bits per heavy atom. The summed E-state index contributed by atoms with van der Waals surface area (Å²) in [6, 6.07) is 5.01. The number of aryl methyl sites for hydroxylation is 1. The molecule has 0 bridgehead atoms. The van der Waals surface area contributed by atoms with E-state index in [4.69, 9.17) is 0 Å². The summed E-state index contributed by atoms with van der Waals surface area (Å²) in [5.74, 6) is 2.39. The van der Waals surface area contributed by atoms with Crippen LogP contribution in [0.5, 0.6) is 0 Å². The molecule has 0 fully saturated rings. The van der Waals surface area contributed by atoms with Gasteiger partial charge in [-0.05, 0) is 31.4 Å². The fraction of sp³-hybridized carbons (Fsp3) is 0.636. The van der Waals surface area contributed by atoms with Crippen molar-refractivity contribution in [1.29, 1.82) is 0 Å². The predicted molar refractivity (Wildman–Crippen MR) is 68.5 cm³/mol. The minimum Gasteiger partial charge on any atom is -0.309 e. The minimum absolute atomic E-state index is 0.545. The maximum atomic E-state index is 3.54. The van der Waals surface area contributed by atoms with E-state index in [-0.39, 0.29) is 0 Å². The van der Waals surface area contributed by atoms with E-state index < -0.39 is 0 Å². The molecule has 1 rings (SSSR count). The lowest BCUT2D eigenvalue weighted by molar-refractivity contribution is 0.615. The summed E-state index contributed by atoms with van der Waals surface area (Å²) < 4.78 is 0. The van der Waals surface area contributed by atoms with Gasteiger partial charge in [0, 0.05) is 15.5 Å². The van der Waals surface area contributed by atoms with Crippen molar-refractivity contribution in [3.8, 4) is 0 Å². The van der Waals surface area contributed by atoms with Gasteiger partial charge in [-0.1, -0.05) is 13.8 Å². The molecule has 0 saturated carbocycles. The Balaban J connectivity index is 2.57. The largest absolute Gasteiger partial charge is 0.309 e. The van der Waals surface area contributed by atoms with Crippen molar-refractivity contribution in [1.82, 2.24) is 5.32 Å². The molecule has 1 nitrogen and oxygen atoms in total. The maximum absolute atomic E-state index is 3.54. The van der Waals surface area contributed by atoms with Crippen molar-refractivity contribution >= 4 is 23.1 Å². The molecule has 0 saturated heterocycles. The second-order valence-corrected chi connectivity index (χ2v) is 5.86. The van der Waals surface area contributed by atoms with Gasteiger partial charge in [0.2, 0.25) is 0 Å². The van der Waals surface area contributed by atoms with Gasteiger partial charge in [0.15, 0.2) is 0 Å². The van der Waals surface area contributed by atoms with E-state index in [0.29, 0.717) is 6.04 Å². The lowest BCUT2D eigenvalue weighted by Crippen LogP contribution is -2.22. The molecule has 1 heterocycles. The summed E-state index contributed by atoms with van der Waals surface area (Å²) in [7, 11) is 0. The van der Waals surface area contributed by atoms with Crippen LogP contribution in [0.4, 0.5) is 0 Å². The molecule has 1 N–H and O–H groups in total. The van der Waals surface area contributed by atoms with E-state index >= 15 is 0 Å². The van der Waals surface area contributed by atoms with Gasteiger partial charge in [-0.2, -0.15) is 11.8 Å². The van der Waals surface area contributed by atoms with Crippen LogP contribution in [0, 0.1) is 6.92 Å². The Labute approximate surface area is 95.3 Å². The SMILES string of the molecule is CCNC(CSCC)c1ccc(C)s1. The lowest BCUT2D eigenvalue weighted by atomic mass is 10.2. The van der Waals surface area contributed by atoms with Crippen LogP contribution in [0.3, 0.4) is 0 Å². The molecule has 1 aromatic rings. The number of thioether (sulfide) groups is 1. The van der Waals surface area contributed by atoms with E-state index in [2.05, 4.69) is 38.2 Å². The first-order valence-corrected chi connectivity index (χ1v) is 7.12. The monoisotopic (exact) mass is 229 g/mol. The topological polar surface area (TPSA) is 12.0 Å². The molecule has 1 unspecified atom stereocenters. The molecule has 0 aliphatic rings. The Morgan fingerprint density at radius 3 is 2.71 bits per heavy atom. The number of thiophene rings is 1. The van der Waals surface area contributed by atoms with Crippen LogP contribution in [0.1, 0.15) is 29.6 Å². The fourth-order valence-corrected chi connectivity index (χ4v) is 3.19. The molecule has 80 valence electrons. The van der Waals surface area contributed by atoms with E-state index in [1.54, 1.807) is 0 Å². The van der Waals surface area contributed by atoms with Crippen molar-refractivity contribution in [2.24, 2.45) is 0 Å². The average molecular weight is 229 g/mol. The first-order valence-electron chi connectivity index (χ1n) is 5.15. The molecule has 0 aliphatic heterocycles. The van der Waals surface area contributed by atoms with E-state index in [1.165, 1.54) is 21.3 Å². The second kappa shape index (κ2) is 6.49. The summed E-state index contributed by atoms with van der Waals surface area (Å²) in [5, 5.41) is 3.54. The summed E-state index contributed by atoms with van der Waals surface area (Å²) in [6.45, 7) is 7.60. The van der Waals surface area contributed by atoms with Gasteiger partial charge in [0.1, 0.15) is 0 Å². The number of nitrogens with one attached hydrogen (secondary N) is 1. The third-order valence-electron chi connectivity index (χ3n) is 2.04. The molecule has 0 spiro atoms. The Hall–Kier alpha value is 0.01000. The van der Waals surface area contributed by atoms with E-state index in [9.17, 15) is 0 Å². The number of hydrogen-bond acceptors (Lipinski definition) is 3. The summed E-state index contributed by atoms with van der Waals surface area (Å²) in [6.07, 6.45) is 0. The first-order chi connectivity index (χ1) is 6.77. The van der Waals surface area contributed by atoms with Crippen LogP contribution in [-0.2, 0) is 0 Å². The van der Waals surface area contributed by atoms with Gasteiger partial charge in [0.05, 0.1) is 6.04 Å². The molecular formula is C11H19NS2. The standard InChI is InChI=1S/C11H19NS2/c1-4-12-10(8-13-5-2)11-7-6-9(3)14-11/h6-7,10,12H,4-5,8H2,1-3H3. The average Bonchev–Trinajstić information content (AvgIpc) is 2.59. The van der Waals surface area contributed by atoms with Crippen molar-refractivity contribution in [2.45, 2.75) is 26.8 Å². The predicted octanol–water partition coefficient (Wildman–Crippen LogP) is 3.46. The zero-order valence-electron chi connectivity index (χ0n) is 9.17. The van der Waals surface area contributed by atoms with Crippen molar-refractivity contribution < 1.29 is 0 Å². The highest BCUT2D eigenvalue weighted by atomic mass is 32.2. The quantitative estimate of drug-likeness (QED) is 0.802. The normalized spacial score (nSPS) is 13.1. The maximum Gasteiger partial charge on any atom is 0.0506 e. The Kier molecular flexibility index (Phi) is 5.60. The molecule has 0 radical (unpaired) electrons. The van der Waals surface area contributed by atoms with Gasteiger partial charge < -0.3 is 5.32 Å². The highest BCUT2D eigenvalue weighted by Gasteiger charge is 2.11. The van der Waals surface area contributed by atoms with Gasteiger partial charge in [0.25, 0.3) is 0 Å². The molecule has 0 amide bonds. The van der Waals surface area contributed by atoms with E-state index in [1.807, 2.05) is 23.1 Å². The van der Waals surface area contributed by atoms with Crippen molar-refractivity contribution in [3.63, 3.8) is 0 Å².